The van der Waals surface area contributed by atoms with Crippen molar-refractivity contribution in [2.45, 2.75) is 64.3 Å². The van der Waals surface area contributed by atoms with E-state index in [2.05, 4.69) is 24.3 Å². The number of esters is 1. The van der Waals surface area contributed by atoms with Crippen molar-refractivity contribution >= 4 is 29.4 Å². The van der Waals surface area contributed by atoms with Gasteiger partial charge >= 0.3 is 5.97 Å². The van der Waals surface area contributed by atoms with Gasteiger partial charge in [0.25, 0.3) is 0 Å². The lowest BCUT2D eigenvalue weighted by Gasteiger charge is -2.40. The molecule has 8 heteroatoms. The summed E-state index contributed by atoms with van der Waals surface area (Å²) >= 11 is 5.92. The van der Waals surface area contributed by atoms with Crippen LogP contribution < -0.4 is 4.74 Å². The predicted octanol–water partition coefficient (Wildman–Crippen LogP) is 5.08. The second-order valence-corrected chi connectivity index (χ2v) is 11.9. The van der Waals surface area contributed by atoms with Crippen molar-refractivity contribution in [2.24, 2.45) is 11.3 Å². The number of carbonyl (C=O) groups excluding carboxylic acids is 3. The summed E-state index contributed by atoms with van der Waals surface area (Å²) in [6.45, 7) is 4.35. The molecule has 0 N–H and O–H groups in total. The minimum atomic E-state index is -0.568. The van der Waals surface area contributed by atoms with Gasteiger partial charge in [0.15, 0.2) is 0 Å². The van der Waals surface area contributed by atoms with Crippen LogP contribution in [0, 0.1) is 11.3 Å². The SMILES string of the molecule is CCOC(=O)C1CC2(CCN(C(=O)C3CCc4ccccc4C3)CC2)CN1C(=O)CCCOc1ccc(Cl)cc1. The van der Waals surface area contributed by atoms with Gasteiger partial charge < -0.3 is 19.3 Å². The molecule has 2 aromatic rings. The molecule has 2 unspecified atom stereocenters. The summed E-state index contributed by atoms with van der Waals surface area (Å²) in [7, 11) is 0. The zero-order chi connectivity index (χ0) is 28.1. The summed E-state index contributed by atoms with van der Waals surface area (Å²) in [6.07, 6.45) is 5.69. The zero-order valence-electron chi connectivity index (χ0n) is 23.3. The molecule has 2 aromatic carbocycles. The maximum Gasteiger partial charge on any atom is 0.328 e. The highest BCUT2D eigenvalue weighted by atomic mass is 35.5. The monoisotopic (exact) mass is 566 g/mol. The Hall–Kier alpha value is -3.06. The molecule has 5 rings (SSSR count). The van der Waals surface area contributed by atoms with Crippen molar-refractivity contribution in [1.29, 1.82) is 0 Å². The number of amides is 2. The highest BCUT2D eigenvalue weighted by Crippen LogP contribution is 2.44. The Bertz CT molecular complexity index is 1210. The van der Waals surface area contributed by atoms with E-state index in [9.17, 15) is 14.4 Å². The maximum atomic E-state index is 13.4. The van der Waals surface area contributed by atoms with Crippen molar-refractivity contribution in [1.82, 2.24) is 9.80 Å². The van der Waals surface area contributed by atoms with Crippen LogP contribution in [0.1, 0.15) is 56.6 Å². The van der Waals surface area contributed by atoms with Gasteiger partial charge in [0, 0.05) is 37.0 Å². The zero-order valence-corrected chi connectivity index (χ0v) is 24.0. The topological polar surface area (TPSA) is 76.2 Å². The number of halogens is 1. The minimum absolute atomic E-state index is 0.0352. The lowest BCUT2D eigenvalue weighted by molar-refractivity contribution is -0.153. The van der Waals surface area contributed by atoms with E-state index in [0.717, 1.165) is 32.1 Å². The fourth-order valence-corrected chi connectivity index (χ4v) is 6.71. The standard InChI is InChI=1S/C32H39ClN2O5/c1-2-39-31(38)28-21-32(22-35(28)29(36)8-5-19-40-27-13-11-26(33)12-14-27)15-17-34(18-16-32)30(37)25-10-9-23-6-3-4-7-24(23)20-25/h3-4,6-7,11-14,25,28H,2,5,8-10,15-22H2,1H3. The van der Waals surface area contributed by atoms with Gasteiger partial charge in [-0.15, -0.1) is 0 Å². The average Bonchev–Trinajstić information content (AvgIpc) is 3.35. The third-order valence-corrected chi connectivity index (χ3v) is 9.09. The van der Waals surface area contributed by atoms with Gasteiger partial charge in [-0.05, 0) is 92.7 Å². The summed E-state index contributed by atoms with van der Waals surface area (Å²) < 4.78 is 11.1. The average molecular weight is 567 g/mol. The van der Waals surface area contributed by atoms with Crippen LogP contribution in [-0.4, -0.2) is 66.5 Å². The predicted molar refractivity (Wildman–Crippen MR) is 153 cm³/mol. The number of fused-ring (bicyclic) bond motifs is 1. The van der Waals surface area contributed by atoms with Gasteiger partial charge in [-0.2, -0.15) is 0 Å². The van der Waals surface area contributed by atoms with Gasteiger partial charge in [-0.3, -0.25) is 9.59 Å². The Morgan fingerprint density at radius 2 is 1.75 bits per heavy atom. The molecule has 2 atom stereocenters. The Balaban J connectivity index is 1.16. The van der Waals surface area contributed by atoms with E-state index in [1.165, 1.54) is 11.1 Å². The van der Waals surface area contributed by atoms with Gasteiger partial charge in [0.05, 0.1) is 13.2 Å². The number of hydrogen-bond donors (Lipinski definition) is 0. The van der Waals surface area contributed by atoms with Crippen LogP contribution in [-0.2, 0) is 32.0 Å². The second kappa shape index (κ2) is 12.6. The van der Waals surface area contributed by atoms with Crippen molar-refractivity contribution in [3.05, 3.63) is 64.7 Å². The van der Waals surface area contributed by atoms with Crippen molar-refractivity contribution in [2.75, 3.05) is 32.8 Å². The number of rotatable bonds is 8. The van der Waals surface area contributed by atoms with Crippen molar-refractivity contribution in [3.63, 3.8) is 0 Å². The lowest BCUT2D eigenvalue weighted by Crippen LogP contribution is -2.47. The molecular formula is C32H39ClN2O5. The Labute approximate surface area is 241 Å². The smallest absolute Gasteiger partial charge is 0.328 e. The third kappa shape index (κ3) is 6.46. The number of likely N-dealkylation sites (tertiary alicyclic amines) is 2. The normalized spacial score (nSPS) is 21.6. The van der Waals surface area contributed by atoms with Crippen LogP contribution in [0.2, 0.25) is 5.02 Å². The van der Waals surface area contributed by atoms with E-state index in [4.69, 9.17) is 21.1 Å². The molecular weight excluding hydrogens is 528 g/mol. The number of aryl methyl sites for hydroxylation is 1. The highest BCUT2D eigenvalue weighted by Gasteiger charge is 2.50. The summed E-state index contributed by atoms with van der Waals surface area (Å²) in [5, 5.41) is 0.644. The minimum Gasteiger partial charge on any atom is -0.494 e. The maximum absolute atomic E-state index is 13.4. The fourth-order valence-electron chi connectivity index (χ4n) is 6.59. The molecule has 2 saturated heterocycles. The molecule has 1 aliphatic carbocycles. The largest absolute Gasteiger partial charge is 0.494 e. The van der Waals surface area contributed by atoms with Crippen molar-refractivity contribution in [3.8, 4) is 5.75 Å². The Morgan fingerprint density at radius 3 is 2.48 bits per heavy atom. The quantitative estimate of drug-likeness (QED) is 0.329. The van der Waals surface area contributed by atoms with Crippen molar-refractivity contribution < 1.29 is 23.9 Å². The van der Waals surface area contributed by atoms with Crippen LogP contribution in [0.5, 0.6) is 5.75 Å². The van der Waals surface area contributed by atoms with E-state index in [0.29, 0.717) is 56.3 Å². The summed E-state index contributed by atoms with van der Waals surface area (Å²) in [4.78, 5) is 43.4. The molecule has 0 aromatic heterocycles. The number of ether oxygens (including phenoxy) is 2. The molecule has 0 saturated carbocycles. The molecule has 214 valence electrons. The molecule has 3 aliphatic rings. The van der Waals surface area contributed by atoms with Crippen LogP contribution >= 0.6 is 11.6 Å². The third-order valence-electron chi connectivity index (χ3n) is 8.84. The number of carbonyl (C=O) groups is 3. The molecule has 2 heterocycles. The van der Waals surface area contributed by atoms with Crippen LogP contribution in [0.3, 0.4) is 0 Å². The first-order valence-electron chi connectivity index (χ1n) is 14.6. The first kappa shape index (κ1) is 28.5. The summed E-state index contributed by atoms with van der Waals surface area (Å²) in [5.41, 5.74) is 2.49. The summed E-state index contributed by atoms with van der Waals surface area (Å²) in [6, 6.07) is 15.0. The fraction of sp³-hybridized carbons (Fsp3) is 0.531. The molecule has 2 amide bonds. The van der Waals surface area contributed by atoms with Crippen LogP contribution in [0.15, 0.2) is 48.5 Å². The van der Waals surface area contributed by atoms with Crippen LogP contribution in [0.25, 0.3) is 0 Å². The molecule has 1 spiro atoms. The Morgan fingerprint density at radius 1 is 1.02 bits per heavy atom. The van der Waals surface area contributed by atoms with E-state index < -0.39 is 6.04 Å². The highest BCUT2D eigenvalue weighted by molar-refractivity contribution is 6.30. The summed E-state index contributed by atoms with van der Waals surface area (Å²) in [5.74, 6) is 0.615. The van der Waals surface area contributed by atoms with E-state index in [1.807, 2.05) is 4.90 Å². The lowest BCUT2D eigenvalue weighted by atomic mass is 9.76. The first-order valence-corrected chi connectivity index (χ1v) is 15.0. The molecule has 40 heavy (non-hydrogen) atoms. The molecule has 2 aliphatic heterocycles. The van der Waals surface area contributed by atoms with Gasteiger partial charge in [-0.25, -0.2) is 4.79 Å². The molecule has 7 nitrogen and oxygen atoms in total. The Kier molecular flexibility index (Phi) is 8.99. The second-order valence-electron chi connectivity index (χ2n) is 11.4. The van der Waals surface area contributed by atoms with Gasteiger partial charge in [0.2, 0.25) is 11.8 Å². The number of benzene rings is 2. The number of piperidine rings is 1. The molecule has 0 bridgehead atoms. The first-order chi connectivity index (χ1) is 19.4. The van der Waals surface area contributed by atoms with Gasteiger partial charge in [-0.1, -0.05) is 35.9 Å². The van der Waals surface area contributed by atoms with Crippen LogP contribution in [0.4, 0.5) is 0 Å². The molecule has 2 fully saturated rings. The number of hydrogen-bond acceptors (Lipinski definition) is 5. The molecule has 0 radical (unpaired) electrons. The van der Waals surface area contributed by atoms with E-state index in [1.54, 1.807) is 36.1 Å². The van der Waals surface area contributed by atoms with E-state index in [-0.39, 0.29) is 35.7 Å². The van der Waals surface area contributed by atoms with Gasteiger partial charge in [0.1, 0.15) is 11.8 Å². The van der Waals surface area contributed by atoms with E-state index >= 15 is 0 Å². The number of nitrogens with zero attached hydrogens (tertiary/aromatic N) is 2.